The highest BCUT2D eigenvalue weighted by molar-refractivity contribution is 5.89. The van der Waals surface area contributed by atoms with E-state index in [-0.39, 0.29) is 43.7 Å². The molecule has 1 heterocycles. The minimum Gasteiger partial charge on any atom is -0.493 e. The minimum absolute atomic E-state index is 0.0339. The molecule has 10 heteroatoms. The summed E-state index contributed by atoms with van der Waals surface area (Å²) in [7, 11) is 3.17. The maximum atomic E-state index is 14.4. The van der Waals surface area contributed by atoms with Crippen LogP contribution >= 0.6 is 0 Å². The van der Waals surface area contributed by atoms with Gasteiger partial charge in [-0.3, -0.25) is 14.4 Å². The number of hydrogen-bond acceptors (Lipinski definition) is 9. The zero-order chi connectivity index (χ0) is 39.2. The highest BCUT2D eigenvalue weighted by Crippen LogP contribution is 2.38. The van der Waals surface area contributed by atoms with Crippen molar-refractivity contribution in [2.24, 2.45) is 0 Å². The van der Waals surface area contributed by atoms with Crippen LogP contribution in [0.15, 0.2) is 54.6 Å². The predicted octanol–water partition coefficient (Wildman–Crippen LogP) is 7.75. The van der Waals surface area contributed by atoms with Crippen LogP contribution in [0.25, 0.3) is 0 Å². The normalized spacial score (nSPS) is 15.2. The summed E-state index contributed by atoms with van der Waals surface area (Å²) in [5, 5.41) is 0. The van der Waals surface area contributed by atoms with E-state index in [0.29, 0.717) is 61.5 Å². The first-order valence-electron chi connectivity index (χ1n) is 19.1. The summed E-state index contributed by atoms with van der Waals surface area (Å²) in [6.07, 6.45) is 3.49. The molecular weight excluding hydrogens is 686 g/mol. The van der Waals surface area contributed by atoms with Gasteiger partial charge in [-0.25, -0.2) is 4.79 Å². The van der Waals surface area contributed by atoms with Crippen LogP contribution in [0.4, 0.5) is 0 Å². The van der Waals surface area contributed by atoms with E-state index in [1.54, 1.807) is 25.2 Å². The summed E-state index contributed by atoms with van der Waals surface area (Å²) < 4.78 is 29.0. The Morgan fingerprint density at radius 2 is 1.61 bits per heavy atom. The molecule has 0 bridgehead atoms. The fraction of sp³-hybridized carbons (Fsp3) is 0.500. The van der Waals surface area contributed by atoms with E-state index in [9.17, 15) is 19.2 Å². The molecule has 1 aliphatic rings. The molecule has 0 aromatic heterocycles. The SMILES string of the molecule is CC[C@H](C(=O)N1CCCC[C@H]1C(=O)O[C@H](CCc1ccc(C)c(C)c1)c1ccccc1OCC(=O)CCOCCC(C)=O)c1cc(C)c(OC)c(OC)c1. The number of hydrogen-bond donors (Lipinski definition) is 0. The summed E-state index contributed by atoms with van der Waals surface area (Å²) in [5.41, 5.74) is 5.82. The van der Waals surface area contributed by atoms with Gasteiger partial charge < -0.3 is 28.6 Å². The molecule has 0 unspecified atom stereocenters. The Morgan fingerprint density at radius 3 is 2.31 bits per heavy atom. The van der Waals surface area contributed by atoms with Crippen molar-refractivity contribution in [2.45, 2.75) is 104 Å². The third-order valence-electron chi connectivity index (χ3n) is 10.2. The molecule has 54 heavy (non-hydrogen) atoms. The third-order valence-corrected chi connectivity index (χ3v) is 10.2. The fourth-order valence-corrected chi connectivity index (χ4v) is 6.94. The molecule has 1 fully saturated rings. The van der Waals surface area contributed by atoms with Crippen molar-refractivity contribution in [3.8, 4) is 17.2 Å². The lowest BCUT2D eigenvalue weighted by Gasteiger charge is -2.37. The van der Waals surface area contributed by atoms with E-state index in [1.165, 1.54) is 18.1 Å². The standard InChI is InChI=1S/C44H57NO9/c1-8-36(34-26-31(4)42(51-7)41(27-34)50-6)43(48)45-22-12-11-14-38(45)44(49)54-40(19-18-33-17-16-29(2)30(3)25-33)37-13-9-10-15-39(37)53-28-35(47)21-24-52-23-20-32(5)46/h9-10,13,15-17,25-27,36,38,40H,8,11-12,14,18-24,28H2,1-7H3/t36-,38-,40+/m0/s1. The van der Waals surface area contributed by atoms with Crippen LogP contribution in [0.3, 0.4) is 0 Å². The number of Topliss-reactive ketones (excluding diaryl/α,β-unsaturated/α-hetero) is 2. The smallest absolute Gasteiger partial charge is 0.329 e. The monoisotopic (exact) mass is 743 g/mol. The molecular formula is C44H57NO9. The van der Waals surface area contributed by atoms with Crippen molar-refractivity contribution < 1.29 is 42.9 Å². The second kappa shape index (κ2) is 20.7. The van der Waals surface area contributed by atoms with Crippen molar-refractivity contribution in [3.05, 3.63) is 88.0 Å². The molecule has 4 rings (SSSR count). The number of rotatable bonds is 20. The van der Waals surface area contributed by atoms with E-state index < -0.39 is 24.0 Å². The Kier molecular flexibility index (Phi) is 16.1. The molecule has 1 aliphatic heterocycles. The Hall–Kier alpha value is -4.70. The second-order valence-electron chi connectivity index (χ2n) is 14.1. The van der Waals surface area contributed by atoms with E-state index in [4.69, 9.17) is 23.7 Å². The zero-order valence-corrected chi connectivity index (χ0v) is 33.0. The zero-order valence-electron chi connectivity index (χ0n) is 33.0. The molecule has 0 radical (unpaired) electrons. The highest BCUT2D eigenvalue weighted by Gasteiger charge is 2.38. The number of amides is 1. The molecule has 1 amide bonds. The van der Waals surface area contributed by atoms with Crippen LogP contribution in [0.5, 0.6) is 17.2 Å². The van der Waals surface area contributed by atoms with Gasteiger partial charge in [-0.15, -0.1) is 0 Å². The number of para-hydroxylation sites is 1. The van der Waals surface area contributed by atoms with Gasteiger partial charge in [-0.2, -0.15) is 0 Å². The first-order valence-corrected chi connectivity index (χ1v) is 19.1. The average molecular weight is 744 g/mol. The van der Waals surface area contributed by atoms with Crippen molar-refractivity contribution in [2.75, 3.05) is 40.6 Å². The van der Waals surface area contributed by atoms with Gasteiger partial charge >= 0.3 is 5.97 Å². The van der Waals surface area contributed by atoms with Gasteiger partial charge in [0.25, 0.3) is 0 Å². The van der Waals surface area contributed by atoms with Gasteiger partial charge in [0.05, 0.1) is 33.4 Å². The summed E-state index contributed by atoms with van der Waals surface area (Å²) >= 11 is 0. The van der Waals surface area contributed by atoms with Gasteiger partial charge in [0.15, 0.2) is 17.3 Å². The molecule has 0 saturated carbocycles. The molecule has 292 valence electrons. The highest BCUT2D eigenvalue weighted by atomic mass is 16.5. The molecule has 3 aromatic rings. The molecule has 0 N–H and O–H groups in total. The van der Waals surface area contributed by atoms with Crippen LogP contribution in [-0.2, 0) is 35.1 Å². The van der Waals surface area contributed by atoms with E-state index in [1.807, 2.05) is 44.2 Å². The fourth-order valence-electron chi connectivity index (χ4n) is 6.94. The van der Waals surface area contributed by atoms with Gasteiger partial charge in [0, 0.05) is 24.9 Å². The molecule has 1 saturated heterocycles. The lowest BCUT2D eigenvalue weighted by atomic mass is 9.91. The lowest BCUT2D eigenvalue weighted by molar-refractivity contribution is -0.162. The Morgan fingerprint density at radius 1 is 0.852 bits per heavy atom. The van der Waals surface area contributed by atoms with E-state index >= 15 is 0 Å². The topological polar surface area (TPSA) is 118 Å². The van der Waals surface area contributed by atoms with E-state index in [2.05, 4.69) is 32.0 Å². The Balaban J connectivity index is 1.56. The number of nitrogens with zero attached hydrogens (tertiary/aromatic N) is 1. The number of carbonyl (C=O) groups is 4. The first-order chi connectivity index (χ1) is 26.0. The number of aryl methyl sites for hydroxylation is 4. The van der Waals surface area contributed by atoms with Gasteiger partial charge in [0.1, 0.15) is 30.3 Å². The quantitative estimate of drug-likeness (QED) is 0.0846. The number of ketones is 2. The number of ether oxygens (including phenoxy) is 5. The van der Waals surface area contributed by atoms with Crippen LogP contribution < -0.4 is 14.2 Å². The number of benzene rings is 3. The number of likely N-dealkylation sites (tertiary alicyclic amines) is 1. The number of esters is 1. The molecule has 3 aromatic carbocycles. The average Bonchev–Trinajstić information content (AvgIpc) is 3.16. The largest absolute Gasteiger partial charge is 0.493 e. The Bertz CT molecular complexity index is 1750. The molecule has 3 atom stereocenters. The summed E-state index contributed by atoms with van der Waals surface area (Å²) in [6.45, 7) is 10.3. The summed E-state index contributed by atoms with van der Waals surface area (Å²) in [6, 6.07) is 16.7. The van der Waals surface area contributed by atoms with Crippen molar-refractivity contribution >= 4 is 23.4 Å². The lowest BCUT2D eigenvalue weighted by Crippen LogP contribution is -2.50. The maximum Gasteiger partial charge on any atom is 0.329 e. The predicted molar refractivity (Wildman–Crippen MR) is 207 cm³/mol. The van der Waals surface area contributed by atoms with Crippen molar-refractivity contribution in [1.82, 2.24) is 4.90 Å². The first kappa shape index (κ1) is 42.0. The number of carbonyl (C=O) groups excluding carboxylic acids is 4. The number of methoxy groups -OCH3 is 2. The Labute approximate surface area is 320 Å². The molecule has 0 aliphatic carbocycles. The maximum absolute atomic E-state index is 14.4. The van der Waals surface area contributed by atoms with Crippen LogP contribution in [-0.4, -0.2) is 75.0 Å². The van der Waals surface area contributed by atoms with Crippen molar-refractivity contribution in [1.29, 1.82) is 0 Å². The van der Waals surface area contributed by atoms with Gasteiger partial charge in [-0.1, -0.05) is 49.4 Å². The third kappa shape index (κ3) is 11.4. The van der Waals surface area contributed by atoms with Gasteiger partial charge in [-0.05, 0) is 106 Å². The number of piperidine rings is 1. The molecule has 10 nitrogen and oxygen atoms in total. The van der Waals surface area contributed by atoms with Crippen LogP contribution in [0.2, 0.25) is 0 Å². The second-order valence-corrected chi connectivity index (χ2v) is 14.1. The van der Waals surface area contributed by atoms with Crippen molar-refractivity contribution in [3.63, 3.8) is 0 Å². The van der Waals surface area contributed by atoms with Crippen LogP contribution in [0.1, 0.15) is 104 Å². The summed E-state index contributed by atoms with van der Waals surface area (Å²) in [4.78, 5) is 54.2. The van der Waals surface area contributed by atoms with Gasteiger partial charge in [0.2, 0.25) is 5.91 Å². The summed E-state index contributed by atoms with van der Waals surface area (Å²) in [5.74, 6) is 0.454. The molecule has 0 spiro atoms. The van der Waals surface area contributed by atoms with E-state index in [0.717, 1.165) is 29.5 Å². The minimum atomic E-state index is -0.747. The van der Waals surface area contributed by atoms with Crippen LogP contribution in [0, 0.1) is 20.8 Å².